The van der Waals surface area contributed by atoms with Gasteiger partial charge < -0.3 is 5.11 Å². The first-order valence-electron chi connectivity index (χ1n) is 6.37. The van der Waals surface area contributed by atoms with E-state index in [1.807, 2.05) is 4.90 Å². The molecule has 1 aliphatic heterocycles. The fourth-order valence-corrected chi connectivity index (χ4v) is 4.45. The van der Waals surface area contributed by atoms with Crippen molar-refractivity contribution < 1.29 is 18.3 Å². The summed E-state index contributed by atoms with van der Waals surface area (Å²) in [7, 11) is -3.18. The summed E-state index contributed by atoms with van der Waals surface area (Å²) < 4.78 is 23.4. The van der Waals surface area contributed by atoms with Gasteiger partial charge in [-0.3, -0.25) is 9.69 Å². The number of aliphatic carboxylic acids is 1. The van der Waals surface area contributed by atoms with E-state index in [9.17, 15) is 13.2 Å². The van der Waals surface area contributed by atoms with Gasteiger partial charge in [0.25, 0.3) is 0 Å². The Labute approximate surface area is 133 Å². The highest BCUT2D eigenvalue weighted by atomic mass is 35.5. The van der Waals surface area contributed by atoms with Crippen LogP contribution >= 0.6 is 23.2 Å². The van der Waals surface area contributed by atoms with Crippen molar-refractivity contribution >= 4 is 39.0 Å². The Balaban J connectivity index is 2.18. The molecule has 1 aliphatic rings. The van der Waals surface area contributed by atoms with E-state index in [1.54, 1.807) is 18.2 Å². The smallest absolute Gasteiger partial charge is 0.304 e. The molecule has 1 unspecified atom stereocenters. The van der Waals surface area contributed by atoms with Crippen molar-refractivity contribution in [1.29, 1.82) is 0 Å². The van der Waals surface area contributed by atoms with Crippen molar-refractivity contribution in [1.82, 2.24) is 4.90 Å². The standard InChI is InChI=1S/C13H15Cl2NO4S/c14-10-2-1-9(12(15)5-10)7-16-3-4-21(19,20)8-11(16)6-13(17)18/h1-2,5,11H,3-4,6-8H2,(H,17,18). The maximum absolute atomic E-state index is 11.7. The van der Waals surface area contributed by atoms with Crippen LogP contribution in [-0.4, -0.2) is 48.5 Å². The number of hydrogen-bond acceptors (Lipinski definition) is 4. The van der Waals surface area contributed by atoms with E-state index in [0.29, 0.717) is 23.1 Å². The molecule has 5 nitrogen and oxygen atoms in total. The van der Waals surface area contributed by atoms with E-state index in [4.69, 9.17) is 28.3 Å². The van der Waals surface area contributed by atoms with Crippen LogP contribution in [0.4, 0.5) is 0 Å². The number of benzene rings is 1. The topological polar surface area (TPSA) is 74.7 Å². The maximum atomic E-state index is 11.7. The fourth-order valence-electron chi connectivity index (χ4n) is 2.39. The monoisotopic (exact) mass is 351 g/mol. The van der Waals surface area contributed by atoms with Gasteiger partial charge in [0.15, 0.2) is 9.84 Å². The van der Waals surface area contributed by atoms with Gasteiger partial charge in [0.05, 0.1) is 17.9 Å². The summed E-state index contributed by atoms with van der Waals surface area (Å²) in [6.07, 6.45) is -0.204. The molecule has 1 atom stereocenters. The van der Waals surface area contributed by atoms with E-state index in [2.05, 4.69) is 0 Å². The zero-order valence-electron chi connectivity index (χ0n) is 11.1. The van der Waals surface area contributed by atoms with Crippen LogP contribution in [0.25, 0.3) is 0 Å². The third-order valence-electron chi connectivity index (χ3n) is 3.45. The van der Waals surface area contributed by atoms with Gasteiger partial charge in [0, 0.05) is 29.2 Å². The van der Waals surface area contributed by atoms with Gasteiger partial charge >= 0.3 is 5.97 Å². The van der Waals surface area contributed by atoms with E-state index in [0.717, 1.165) is 5.56 Å². The molecule has 2 rings (SSSR count). The van der Waals surface area contributed by atoms with Gasteiger partial charge in [0.1, 0.15) is 0 Å². The molecule has 1 aromatic rings. The molecule has 0 bridgehead atoms. The Morgan fingerprint density at radius 3 is 2.71 bits per heavy atom. The fraction of sp³-hybridized carbons (Fsp3) is 0.462. The molecule has 0 spiro atoms. The average molecular weight is 352 g/mol. The second-order valence-corrected chi connectivity index (χ2v) is 8.14. The second kappa shape index (κ2) is 6.52. The van der Waals surface area contributed by atoms with Crippen LogP contribution in [0.15, 0.2) is 18.2 Å². The van der Waals surface area contributed by atoms with Crippen LogP contribution in [0.5, 0.6) is 0 Å². The highest BCUT2D eigenvalue weighted by Crippen LogP contribution is 2.25. The number of sulfone groups is 1. The van der Waals surface area contributed by atoms with Crippen LogP contribution in [0.3, 0.4) is 0 Å². The third-order valence-corrected chi connectivity index (χ3v) is 5.74. The lowest BCUT2D eigenvalue weighted by Gasteiger charge is -2.34. The quantitative estimate of drug-likeness (QED) is 0.898. The lowest BCUT2D eigenvalue weighted by molar-refractivity contribution is -0.138. The molecule has 0 aliphatic carbocycles. The Hall–Kier alpha value is -0.820. The Morgan fingerprint density at radius 1 is 1.38 bits per heavy atom. The zero-order valence-corrected chi connectivity index (χ0v) is 13.5. The molecule has 21 heavy (non-hydrogen) atoms. The normalized spacial score (nSPS) is 22.1. The average Bonchev–Trinajstić information content (AvgIpc) is 2.34. The first-order chi connectivity index (χ1) is 9.77. The predicted octanol–water partition coefficient (Wildman–Crippen LogP) is 2.07. The number of carboxylic acids is 1. The molecule has 116 valence electrons. The SMILES string of the molecule is O=C(O)CC1CS(=O)(=O)CCN1Cc1ccc(Cl)cc1Cl. The molecular formula is C13H15Cl2NO4S. The molecule has 1 heterocycles. The third kappa shape index (κ3) is 4.57. The van der Waals surface area contributed by atoms with Crippen molar-refractivity contribution in [2.24, 2.45) is 0 Å². The summed E-state index contributed by atoms with van der Waals surface area (Å²) in [6, 6.07) is 4.56. The number of carbonyl (C=O) groups is 1. The summed E-state index contributed by atoms with van der Waals surface area (Å²) in [6.45, 7) is 0.711. The van der Waals surface area contributed by atoms with Crippen LogP contribution < -0.4 is 0 Å². The lowest BCUT2D eigenvalue weighted by Crippen LogP contribution is -2.48. The van der Waals surface area contributed by atoms with Gasteiger partial charge in [-0.25, -0.2) is 8.42 Å². The van der Waals surface area contributed by atoms with Crippen molar-refractivity contribution in [2.75, 3.05) is 18.1 Å². The molecule has 0 aromatic heterocycles. The van der Waals surface area contributed by atoms with Crippen molar-refractivity contribution in [3.63, 3.8) is 0 Å². The predicted molar refractivity (Wildman–Crippen MR) is 81.6 cm³/mol. The van der Waals surface area contributed by atoms with Crippen LogP contribution in [0, 0.1) is 0 Å². The maximum Gasteiger partial charge on any atom is 0.304 e. The minimum absolute atomic E-state index is 0.0360. The van der Waals surface area contributed by atoms with Crippen LogP contribution in [0.1, 0.15) is 12.0 Å². The highest BCUT2D eigenvalue weighted by Gasteiger charge is 2.32. The molecule has 1 N–H and O–H groups in total. The number of rotatable bonds is 4. The number of halogens is 2. The van der Waals surface area contributed by atoms with Crippen molar-refractivity contribution in [3.05, 3.63) is 33.8 Å². The zero-order chi connectivity index (χ0) is 15.6. The largest absolute Gasteiger partial charge is 0.481 e. The Morgan fingerprint density at radius 2 is 2.10 bits per heavy atom. The van der Waals surface area contributed by atoms with Crippen molar-refractivity contribution in [3.8, 4) is 0 Å². The van der Waals surface area contributed by atoms with Gasteiger partial charge in [-0.05, 0) is 17.7 Å². The summed E-state index contributed by atoms with van der Waals surface area (Å²) >= 11 is 12.0. The van der Waals surface area contributed by atoms with Crippen LogP contribution in [0.2, 0.25) is 10.0 Å². The van der Waals surface area contributed by atoms with E-state index >= 15 is 0 Å². The summed E-state index contributed by atoms with van der Waals surface area (Å²) in [5, 5.41) is 9.96. The molecular weight excluding hydrogens is 337 g/mol. The summed E-state index contributed by atoms with van der Waals surface area (Å²) in [5.41, 5.74) is 0.802. The molecule has 0 saturated carbocycles. The molecule has 0 amide bonds. The molecule has 1 fully saturated rings. The van der Waals surface area contributed by atoms with E-state index in [-0.39, 0.29) is 17.9 Å². The molecule has 0 radical (unpaired) electrons. The van der Waals surface area contributed by atoms with E-state index < -0.39 is 21.8 Å². The lowest BCUT2D eigenvalue weighted by atomic mass is 10.1. The number of nitrogens with zero attached hydrogens (tertiary/aromatic N) is 1. The molecule has 1 saturated heterocycles. The van der Waals surface area contributed by atoms with Gasteiger partial charge in [0.2, 0.25) is 0 Å². The van der Waals surface area contributed by atoms with Crippen LogP contribution in [-0.2, 0) is 21.2 Å². The first kappa shape index (κ1) is 16.5. The Bertz CT molecular complexity index is 648. The first-order valence-corrected chi connectivity index (χ1v) is 8.95. The minimum atomic E-state index is -3.18. The molecule has 8 heteroatoms. The highest BCUT2D eigenvalue weighted by molar-refractivity contribution is 7.91. The van der Waals surface area contributed by atoms with Gasteiger partial charge in [-0.1, -0.05) is 29.3 Å². The Kier molecular flexibility index (Phi) is 5.14. The second-order valence-electron chi connectivity index (χ2n) is 5.07. The summed E-state index contributed by atoms with van der Waals surface area (Å²) in [4.78, 5) is 12.8. The van der Waals surface area contributed by atoms with Gasteiger partial charge in [-0.2, -0.15) is 0 Å². The van der Waals surface area contributed by atoms with E-state index in [1.165, 1.54) is 0 Å². The summed E-state index contributed by atoms with van der Waals surface area (Å²) in [5.74, 6) is -1.11. The number of carboxylic acid groups (broad SMARTS) is 1. The minimum Gasteiger partial charge on any atom is -0.481 e. The molecule has 1 aromatic carbocycles. The number of hydrogen-bond donors (Lipinski definition) is 1. The van der Waals surface area contributed by atoms with Gasteiger partial charge in [-0.15, -0.1) is 0 Å². The van der Waals surface area contributed by atoms with Crippen molar-refractivity contribution in [2.45, 2.75) is 19.0 Å².